The van der Waals surface area contributed by atoms with Crippen LogP contribution < -0.4 is 0 Å². The van der Waals surface area contributed by atoms with Crippen LogP contribution in [0.4, 0.5) is 0 Å². The van der Waals surface area contributed by atoms with Crippen molar-refractivity contribution in [2.24, 2.45) is 0 Å². The lowest BCUT2D eigenvalue weighted by Gasteiger charge is -2.14. The Labute approximate surface area is 90.3 Å². The van der Waals surface area contributed by atoms with Crippen LogP contribution in [0.5, 0.6) is 0 Å². The summed E-state index contributed by atoms with van der Waals surface area (Å²) < 4.78 is 0. The third kappa shape index (κ3) is 3.39. The fourth-order valence-electron chi connectivity index (χ4n) is 1.20. The zero-order valence-corrected chi connectivity index (χ0v) is 9.09. The first-order valence-electron chi connectivity index (χ1n) is 4.50. The first-order valence-corrected chi connectivity index (χ1v) is 4.88. The van der Waals surface area contributed by atoms with Crippen LogP contribution in [0, 0.1) is 0 Å². The lowest BCUT2D eigenvalue weighted by atomic mass is 10.2. The predicted molar refractivity (Wildman–Crippen MR) is 61.5 cm³/mol. The first-order chi connectivity index (χ1) is 6.74. The van der Waals surface area contributed by atoms with Gasteiger partial charge in [0.15, 0.2) is 0 Å². The summed E-state index contributed by atoms with van der Waals surface area (Å²) in [5, 5.41) is 0.821. The summed E-state index contributed by atoms with van der Waals surface area (Å²) in [5.74, 6) is 0. The van der Waals surface area contributed by atoms with Crippen molar-refractivity contribution in [3.8, 4) is 0 Å². The van der Waals surface area contributed by atoms with Gasteiger partial charge in [-0.05, 0) is 24.8 Å². The molecule has 0 N–H and O–H groups in total. The van der Waals surface area contributed by atoms with Crippen molar-refractivity contribution in [3.05, 3.63) is 53.2 Å². The molecule has 1 aromatic carbocycles. The number of likely N-dealkylation sites (N-methyl/N-ethyl adjacent to an activating group) is 1. The topological polar surface area (TPSA) is 3.24 Å². The average Bonchev–Trinajstić information content (AvgIpc) is 2.18. The largest absolute Gasteiger partial charge is 0.298 e. The van der Waals surface area contributed by atoms with Crippen LogP contribution in [0.3, 0.4) is 0 Å². The van der Waals surface area contributed by atoms with E-state index in [1.165, 1.54) is 0 Å². The molecular weight excluding hydrogens is 194 g/mol. The number of rotatable bonds is 4. The molecule has 0 radical (unpaired) electrons. The SMILES string of the molecule is C=C=CCN(C)Cc1ccccc1Cl. The summed E-state index contributed by atoms with van der Waals surface area (Å²) in [6, 6.07) is 7.89. The smallest absolute Gasteiger partial charge is 0.0451 e. The molecule has 14 heavy (non-hydrogen) atoms. The van der Waals surface area contributed by atoms with E-state index in [1.54, 1.807) is 0 Å². The Hall–Kier alpha value is -1.01. The van der Waals surface area contributed by atoms with Crippen molar-refractivity contribution in [2.75, 3.05) is 13.6 Å². The van der Waals surface area contributed by atoms with Crippen LogP contribution in [-0.2, 0) is 6.54 Å². The van der Waals surface area contributed by atoms with Crippen LogP contribution in [0.2, 0.25) is 5.02 Å². The molecule has 0 bridgehead atoms. The highest BCUT2D eigenvalue weighted by molar-refractivity contribution is 6.31. The number of hydrogen-bond donors (Lipinski definition) is 0. The number of benzene rings is 1. The van der Waals surface area contributed by atoms with Crippen LogP contribution >= 0.6 is 11.6 Å². The fourth-order valence-corrected chi connectivity index (χ4v) is 1.40. The molecule has 0 aromatic heterocycles. The van der Waals surface area contributed by atoms with Crippen LogP contribution in [0.15, 0.2) is 42.7 Å². The maximum atomic E-state index is 6.04. The van der Waals surface area contributed by atoms with Gasteiger partial charge in [-0.1, -0.05) is 36.4 Å². The Morgan fingerprint density at radius 3 is 2.86 bits per heavy atom. The van der Waals surface area contributed by atoms with E-state index in [-0.39, 0.29) is 0 Å². The zero-order valence-electron chi connectivity index (χ0n) is 8.33. The first kappa shape index (κ1) is 11.1. The van der Waals surface area contributed by atoms with Gasteiger partial charge in [0.2, 0.25) is 0 Å². The second kappa shape index (κ2) is 5.66. The predicted octanol–water partition coefficient (Wildman–Crippen LogP) is 3.11. The highest BCUT2D eigenvalue weighted by Crippen LogP contribution is 2.16. The highest BCUT2D eigenvalue weighted by atomic mass is 35.5. The van der Waals surface area contributed by atoms with Crippen molar-refractivity contribution in [1.82, 2.24) is 4.90 Å². The molecule has 74 valence electrons. The van der Waals surface area contributed by atoms with E-state index in [9.17, 15) is 0 Å². The van der Waals surface area contributed by atoms with Gasteiger partial charge in [0.25, 0.3) is 0 Å². The fraction of sp³-hybridized carbons (Fsp3) is 0.250. The average molecular weight is 208 g/mol. The van der Waals surface area contributed by atoms with Crippen molar-refractivity contribution < 1.29 is 0 Å². The molecule has 0 aliphatic heterocycles. The summed E-state index contributed by atoms with van der Waals surface area (Å²) in [6.07, 6.45) is 1.90. The van der Waals surface area contributed by atoms with Gasteiger partial charge >= 0.3 is 0 Å². The number of hydrogen-bond acceptors (Lipinski definition) is 1. The third-order valence-corrected chi connectivity index (χ3v) is 2.31. The molecule has 0 spiro atoms. The molecule has 0 aliphatic carbocycles. The molecule has 0 heterocycles. The zero-order chi connectivity index (χ0) is 10.4. The van der Waals surface area contributed by atoms with Crippen molar-refractivity contribution in [3.63, 3.8) is 0 Å². The molecule has 1 aromatic rings. The lowest BCUT2D eigenvalue weighted by molar-refractivity contribution is 0.363. The molecule has 1 rings (SSSR count). The van der Waals surface area contributed by atoms with Gasteiger partial charge in [0, 0.05) is 18.1 Å². The molecular formula is C12H14ClN. The van der Waals surface area contributed by atoms with E-state index in [4.69, 9.17) is 11.6 Å². The summed E-state index contributed by atoms with van der Waals surface area (Å²) in [5.41, 5.74) is 3.90. The maximum absolute atomic E-state index is 6.04. The second-order valence-corrected chi connectivity index (χ2v) is 3.60. The molecule has 0 unspecified atom stereocenters. The quantitative estimate of drug-likeness (QED) is 0.686. The molecule has 0 amide bonds. The molecule has 0 fully saturated rings. The van der Waals surface area contributed by atoms with E-state index in [2.05, 4.69) is 17.2 Å². The second-order valence-electron chi connectivity index (χ2n) is 3.20. The standard InChI is InChI=1S/C12H14ClN/c1-3-4-9-14(2)10-11-7-5-6-8-12(11)13/h4-8H,1,9-10H2,2H3. The monoisotopic (exact) mass is 207 g/mol. The molecule has 1 nitrogen and oxygen atoms in total. The van der Waals surface area contributed by atoms with Gasteiger partial charge in [-0.3, -0.25) is 4.90 Å². The van der Waals surface area contributed by atoms with Gasteiger partial charge in [-0.25, -0.2) is 0 Å². The molecule has 0 saturated heterocycles. The Bertz CT molecular complexity index is 340. The van der Waals surface area contributed by atoms with Crippen LogP contribution in [-0.4, -0.2) is 18.5 Å². The maximum Gasteiger partial charge on any atom is 0.0451 e. The Kier molecular flexibility index (Phi) is 4.48. The van der Waals surface area contributed by atoms with Crippen molar-refractivity contribution in [2.45, 2.75) is 6.54 Å². The van der Waals surface area contributed by atoms with Crippen LogP contribution in [0.1, 0.15) is 5.56 Å². The van der Waals surface area contributed by atoms with Gasteiger partial charge < -0.3 is 0 Å². The number of nitrogens with zero attached hydrogens (tertiary/aromatic N) is 1. The molecule has 2 heteroatoms. The summed E-state index contributed by atoms with van der Waals surface area (Å²) in [6.45, 7) is 5.21. The van der Waals surface area contributed by atoms with Gasteiger partial charge in [-0.15, -0.1) is 5.73 Å². The minimum atomic E-state index is 0.821. The van der Waals surface area contributed by atoms with Gasteiger partial charge in [0.1, 0.15) is 0 Å². The molecule has 0 saturated carbocycles. The Morgan fingerprint density at radius 1 is 1.50 bits per heavy atom. The van der Waals surface area contributed by atoms with Gasteiger partial charge in [0.05, 0.1) is 0 Å². The van der Waals surface area contributed by atoms with Crippen molar-refractivity contribution in [1.29, 1.82) is 0 Å². The summed E-state index contributed by atoms with van der Waals surface area (Å²) in [7, 11) is 2.04. The Morgan fingerprint density at radius 2 is 2.21 bits per heavy atom. The molecule has 0 atom stereocenters. The molecule has 0 aliphatic rings. The highest BCUT2D eigenvalue weighted by Gasteiger charge is 2.01. The summed E-state index contributed by atoms with van der Waals surface area (Å²) in [4.78, 5) is 2.15. The van der Waals surface area contributed by atoms with Gasteiger partial charge in [-0.2, -0.15) is 0 Å². The van der Waals surface area contributed by atoms with E-state index >= 15 is 0 Å². The minimum absolute atomic E-state index is 0.821. The lowest BCUT2D eigenvalue weighted by Crippen LogP contribution is -2.17. The normalized spacial score (nSPS) is 9.93. The van der Waals surface area contributed by atoms with Crippen LogP contribution in [0.25, 0.3) is 0 Å². The Balaban J connectivity index is 2.60. The van der Waals surface area contributed by atoms with E-state index in [0.717, 1.165) is 23.7 Å². The third-order valence-electron chi connectivity index (χ3n) is 1.95. The van der Waals surface area contributed by atoms with E-state index in [0.29, 0.717) is 0 Å². The van der Waals surface area contributed by atoms with E-state index < -0.39 is 0 Å². The minimum Gasteiger partial charge on any atom is -0.298 e. The van der Waals surface area contributed by atoms with E-state index in [1.807, 2.05) is 37.4 Å². The number of halogens is 1. The summed E-state index contributed by atoms with van der Waals surface area (Å²) >= 11 is 6.04. The van der Waals surface area contributed by atoms with Crippen molar-refractivity contribution >= 4 is 11.6 Å².